The molecule has 1 saturated heterocycles. The fraction of sp³-hybridized carbons (Fsp3) is 0.800. The van der Waals surface area contributed by atoms with Crippen molar-refractivity contribution < 1.29 is 0 Å². The van der Waals surface area contributed by atoms with E-state index in [1.807, 2.05) is 0 Å². The molecule has 0 saturated carbocycles. The highest BCUT2D eigenvalue weighted by molar-refractivity contribution is 9.09. The van der Waals surface area contributed by atoms with Crippen LogP contribution in [0.5, 0.6) is 0 Å². The van der Waals surface area contributed by atoms with Crippen LogP contribution in [0, 0.1) is 5.92 Å². The lowest BCUT2D eigenvalue weighted by molar-refractivity contribution is 0.240. The van der Waals surface area contributed by atoms with Crippen LogP contribution in [0.2, 0.25) is 0 Å². The van der Waals surface area contributed by atoms with E-state index in [1.165, 1.54) is 18.7 Å². The summed E-state index contributed by atoms with van der Waals surface area (Å²) in [6, 6.07) is 3.41. The molecule has 0 bridgehead atoms. The third kappa shape index (κ3) is 3.40. The summed E-state index contributed by atoms with van der Waals surface area (Å²) in [5.41, 5.74) is 1.21. The van der Waals surface area contributed by atoms with Crippen molar-refractivity contribution in [2.75, 3.05) is 11.9 Å². The average Bonchev–Trinajstić information content (AvgIpc) is 2.99. The zero-order valence-electron chi connectivity index (χ0n) is 12.3. The molecule has 1 aliphatic rings. The lowest BCUT2D eigenvalue weighted by Gasteiger charge is -2.24. The third-order valence-electron chi connectivity index (χ3n) is 4.50. The van der Waals surface area contributed by atoms with Gasteiger partial charge in [-0.25, -0.2) is 0 Å². The van der Waals surface area contributed by atoms with E-state index in [4.69, 9.17) is 5.10 Å². The Hall–Kier alpha value is -0.350. The minimum absolute atomic E-state index is 0.554. The van der Waals surface area contributed by atoms with Gasteiger partial charge in [-0.2, -0.15) is 5.10 Å². The van der Waals surface area contributed by atoms with E-state index in [2.05, 4.69) is 58.5 Å². The Kier molecular flexibility index (Phi) is 5.46. The topological polar surface area (TPSA) is 21.1 Å². The maximum atomic E-state index is 4.77. The number of hydrogen-bond acceptors (Lipinski definition) is 2. The fourth-order valence-corrected chi connectivity index (χ4v) is 4.12. The molecular weight excluding hydrogens is 302 g/mol. The Morgan fingerprint density at radius 2 is 2.16 bits per heavy atom. The Morgan fingerprint density at radius 3 is 2.79 bits per heavy atom. The predicted molar refractivity (Wildman–Crippen MR) is 83.6 cm³/mol. The zero-order chi connectivity index (χ0) is 13.8. The monoisotopic (exact) mass is 327 g/mol. The highest BCUT2D eigenvalue weighted by Gasteiger charge is 2.30. The van der Waals surface area contributed by atoms with Gasteiger partial charge in [-0.3, -0.25) is 9.58 Å². The zero-order valence-corrected chi connectivity index (χ0v) is 13.9. The summed E-state index contributed by atoms with van der Waals surface area (Å²) in [6.45, 7) is 9.02. The molecule has 0 N–H and O–H groups in total. The number of likely N-dealkylation sites (tertiary alicyclic amines) is 1. The molecular formula is C15H26BrN3. The van der Waals surface area contributed by atoms with Crippen LogP contribution in [0.4, 0.5) is 0 Å². The molecule has 19 heavy (non-hydrogen) atoms. The van der Waals surface area contributed by atoms with Crippen LogP contribution in [0.1, 0.15) is 51.8 Å². The minimum Gasteiger partial charge on any atom is -0.293 e. The molecule has 4 heteroatoms. The molecule has 1 aliphatic heterocycles. The van der Waals surface area contributed by atoms with Gasteiger partial charge in [0, 0.05) is 24.1 Å². The molecule has 108 valence electrons. The first-order chi connectivity index (χ1) is 9.19. The SMILES string of the molecule is CCC(CC)n1ccc(CN2CCC(C)C2CBr)n1. The lowest BCUT2D eigenvalue weighted by Crippen LogP contribution is -2.33. The van der Waals surface area contributed by atoms with Crippen LogP contribution in [0.3, 0.4) is 0 Å². The summed E-state index contributed by atoms with van der Waals surface area (Å²) in [6.07, 6.45) is 5.77. The average molecular weight is 328 g/mol. The molecule has 2 rings (SSSR count). The first-order valence-corrected chi connectivity index (χ1v) is 8.65. The Bertz CT molecular complexity index is 386. The van der Waals surface area contributed by atoms with Gasteiger partial charge in [0.1, 0.15) is 0 Å². The van der Waals surface area contributed by atoms with Crippen LogP contribution < -0.4 is 0 Å². The van der Waals surface area contributed by atoms with Gasteiger partial charge in [0.15, 0.2) is 0 Å². The number of nitrogens with zero attached hydrogens (tertiary/aromatic N) is 3. The fourth-order valence-electron chi connectivity index (χ4n) is 3.07. The second-order valence-corrected chi connectivity index (χ2v) is 6.36. The smallest absolute Gasteiger partial charge is 0.0765 e. The molecule has 0 radical (unpaired) electrons. The predicted octanol–water partition coefficient (Wildman–Crippen LogP) is 3.85. The summed E-state index contributed by atoms with van der Waals surface area (Å²) < 4.78 is 2.15. The number of aromatic nitrogens is 2. The van der Waals surface area contributed by atoms with Gasteiger partial charge in [0.05, 0.1) is 11.7 Å². The van der Waals surface area contributed by atoms with Crippen LogP contribution >= 0.6 is 15.9 Å². The molecule has 1 aromatic heterocycles. The van der Waals surface area contributed by atoms with Crippen molar-refractivity contribution >= 4 is 15.9 Å². The molecule has 2 heterocycles. The van der Waals surface area contributed by atoms with Crippen molar-refractivity contribution in [3.05, 3.63) is 18.0 Å². The first-order valence-electron chi connectivity index (χ1n) is 7.53. The molecule has 2 atom stereocenters. The van der Waals surface area contributed by atoms with Gasteiger partial charge in [-0.05, 0) is 37.8 Å². The van der Waals surface area contributed by atoms with E-state index in [0.717, 1.165) is 30.6 Å². The second kappa shape index (κ2) is 6.89. The Balaban J connectivity index is 2.00. The largest absolute Gasteiger partial charge is 0.293 e. The van der Waals surface area contributed by atoms with Crippen molar-refractivity contribution in [1.29, 1.82) is 0 Å². The van der Waals surface area contributed by atoms with Gasteiger partial charge >= 0.3 is 0 Å². The summed E-state index contributed by atoms with van der Waals surface area (Å²) in [7, 11) is 0. The molecule has 3 nitrogen and oxygen atoms in total. The van der Waals surface area contributed by atoms with Crippen LogP contribution in [0.15, 0.2) is 12.3 Å². The van der Waals surface area contributed by atoms with E-state index >= 15 is 0 Å². The van der Waals surface area contributed by atoms with Gasteiger partial charge in [-0.15, -0.1) is 0 Å². The highest BCUT2D eigenvalue weighted by atomic mass is 79.9. The van der Waals surface area contributed by atoms with Gasteiger partial charge in [-0.1, -0.05) is 36.7 Å². The first kappa shape index (κ1) is 15.0. The summed E-state index contributed by atoms with van der Waals surface area (Å²) in [5, 5.41) is 5.84. The molecule has 2 unspecified atom stereocenters. The summed E-state index contributed by atoms with van der Waals surface area (Å²) in [5.74, 6) is 0.792. The number of alkyl halides is 1. The van der Waals surface area contributed by atoms with Crippen molar-refractivity contribution in [2.24, 2.45) is 5.92 Å². The summed E-state index contributed by atoms with van der Waals surface area (Å²) in [4.78, 5) is 2.57. The minimum atomic E-state index is 0.554. The quantitative estimate of drug-likeness (QED) is 0.740. The summed E-state index contributed by atoms with van der Waals surface area (Å²) >= 11 is 3.65. The Morgan fingerprint density at radius 1 is 1.42 bits per heavy atom. The molecule has 0 aliphatic carbocycles. The molecule has 1 aromatic rings. The molecule has 1 fully saturated rings. The third-order valence-corrected chi connectivity index (χ3v) is 5.16. The van der Waals surface area contributed by atoms with Crippen molar-refractivity contribution in [1.82, 2.24) is 14.7 Å². The molecule has 0 amide bonds. The van der Waals surface area contributed by atoms with Crippen molar-refractivity contribution in [3.63, 3.8) is 0 Å². The van der Waals surface area contributed by atoms with E-state index < -0.39 is 0 Å². The van der Waals surface area contributed by atoms with Crippen molar-refractivity contribution in [3.8, 4) is 0 Å². The van der Waals surface area contributed by atoms with Gasteiger partial charge < -0.3 is 0 Å². The van der Waals surface area contributed by atoms with E-state index in [0.29, 0.717) is 12.1 Å². The standard InChI is InChI=1S/C15H26BrN3/c1-4-14(5-2)19-9-7-13(17-19)11-18-8-6-12(3)15(18)10-16/h7,9,12,14-15H,4-6,8,10-11H2,1-3H3. The van der Waals surface area contributed by atoms with E-state index in [9.17, 15) is 0 Å². The second-order valence-electron chi connectivity index (χ2n) is 5.72. The number of hydrogen-bond donors (Lipinski definition) is 0. The van der Waals surface area contributed by atoms with E-state index in [1.54, 1.807) is 0 Å². The molecule has 0 aromatic carbocycles. The van der Waals surface area contributed by atoms with Crippen LogP contribution in [0.25, 0.3) is 0 Å². The van der Waals surface area contributed by atoms with Gasteiger partial charge in [0.25, 0.3) is 0 Å². The maximum Gasteiger partial charge on any atom is 0.0765 e. The molecule has 0 spiro atoms. The Labute approximate surface area is 125 Å². The maximum absolute atomic E-state index is 4.77. The lowest BCUT2D eigenvalue weighted by atomic mass is 10.1. The number of halogens is 1. The van der Waals surface area contributed by atoms with Gasteiger partial charge in [0.2, 0.25) is 0 Å². The number of rotatable bonds is 6. The van der Waals surface area contributed by atoms with Crippen molar-refractivity contribution in [2.45, 2.75) is 58.7 Å². The normalized spacial score (nSPS) is 24.5. The van der Waals surface area contributed by atoms with E-state index in [-0.39, 0.29) is 0 Å². The van der Waals surface area contributed by atoms with Crippen LogP contribution in [-0.2, 0) is 6.54 Å². The highest BCUT2D eigenvalue weighted by Crippen LogP contribution is 2.26. The van der Waals surface area contributed by atoms with Crippen LogP contribution in [-0.4, -0.2) is 32.6 Å².